The summed E-state index contributed by atoms with van der Waals surface area (Å²) in [5.74, 6) is 1.33. The third-order valence-electron chi connectivity index (χ3n) is 1.40. The van der Waals surface area contributed by atoms with Gasteiger partial charge in [-0.2, -0.15) is 5.21 Å². The van der Waals surface area contributed by atoms with E-state index in [0.717, 1.165) is 5.82 Å². The molecule has 0 unspecified atom stereocenters. The van der Waals surface area contributed by atoms with Crippen LogP contribution in [0.4, 0.5) is 5.82 Å². The summed E-state index contributed by atoms with van der Waals surface area (Å²) in [4.78, 5) is 7.76. The summed E-state index contributed by atoms with van der Waals surface area (Å²) in [5.41, 5.74) is 0. The Bertz CT molecular complexity index is 342. The predicted octanol–water partition coefficient (Wildman–Crippen LogP) is -0.398. The zero-order valence-corrected chi connectivity index (χ0v) is 6.68. The van der Waals surface area contributed by atoms with Crippen LogP contribution in [-0.2, 0) is 6.54 Å². The lowest BCUT2D eigenvalue weighted by Crippen LogP contribution is -2.02. The van der Waals surface area contributed by atoms with E-state index in [1.807, 2.05) is 0 Å². The number of H-pyrrole nitrogens is 1. The highest BCUT2D eigenvalue weighted by Crippen LogP contribution is 1.98. The monoisotopic (exact) mass is 177 g/mol. The third kappa shape index (κ3) is 1.95. The molecule has 66 valence electrons. The molecule has 0 spiro atoms. The summed E-state index contributed by atoms with van der Waals surface area (Å²) >= 11 is 0. The molecule has 0 atom stereocenters. The first kappa shape index (κ1) is 7.59. The van der Waals surface area contributed by atoms with Crippen LogP contribution in [0.1, 0.15) is 5.82 Å². The molecule has 0 aliphatic heterocycles. The van der Waals surface area contributed by atoms with Gasteiger partial charge in [-0.15, -0.1) is 10.2 Å². The van der Waals surface area contributed by atoms with Crippen molar-refractivity contribution in [1.29, 1.82) is 0 Å². The van der Waals surface area contributed by atoms with E-state index in [4.69, 9.17) is 0 Å². The van der Waals surface area contributed by atoms with Crippen LogP contribution in [0, 0.1) is 0 Å². The van der Waals surface area contributed by atoms with Crippen LogP contribution in [0.15, 0.2) is 18.6 Å². The van der Waals surface area contributed by atoms with Crippen LogP contribution >= 0.6 is 0 Å². The van der Waals surface area contributed by atoms with Gasteiger partial charge in [-0.05, 0) is 6.07 Å². The molecule has 2 aromatic rings. The molecular formula is C6H7N7. The van der Waals surface area contributed by atoms with Crippen molar-refractivity contribution in [3.63, 3.8) is 0 Å². The van der Waals surface area contributed by atoms with Gasteiger partial charge in [-0.25, -0.2) is 9.97 Å². The molecule has 0 amide bonds. The summed E-state index contributed by atoms with van der Waals surface area (Å²) in [7, 11) is 0. The molecular weight excluding hydrogens is 170 g/mol. The molecule has 0 aliphatic carbocycles. The average molecular weight is 177 g/mol. The maximum Gasteiger partial charge on any atom is 0.193 e. The van der Waals surface area contributed by atoms with Gasteiger partial charge in [-0.3, -0.25) is 0 Å². The van der Waals surface area contributed by atoms with E-state index in [2.05, 4.69) is 35.9 Å². The molecule has 13 heavy (non-hydrogen) atoms. The Morgan fingerprint density at radius 3 is 3.15 bits per heavy atom. The predicted molar refractivity (Wildman–Crippen MR) is 43.5 cm³/mol. The first-order valence-corrected chi connectivity index (χ1v) is 3.67. The molecule has 0 saturated carbocycles. The van der Waals surface area contributed by atoms with Gasteiger partial charge in [0.15, 0.2) is 5.82 Å². The van der Waals surface area contributed by atoms with Crippen molar-refractivity contribution in [3.8, 4) is 0 Å². The van der Waals surface area contributed by atoms with Crippen molar-refractivity contribution in [1.82, 2.24) is 30.6 Å². The van der Waals surface area contributed by atoms with Crippen LogP contribution in [0.25, 0.3) is 0 Å². The van der Waals surface area contributed by atoms with Crippen molar-refractivity contribution in [2.75, 3.05) is 5.32 Å². The van der Waals surface area contributed by atoms with E-state index in [1.165, 1.54) is 6.33 Å². The Labute approximate surface area is 73.6 Å². The number of nitrogens with one attached hydrogen (secondary N) is 2. The maximum atomic E-state index is 3.97. The van der Waals surface area contributed by atoms with Gasteiger partial charge in [0.25, 0.3) is 0 Å². The van der Waals surface area contributed by atoms with Crippen LogP contribution in [0.3, 0.4) is 0 Å². The highest BCUT2D eigenvalue weighted by Gasteiger charge is 1.97. The number of anilines is 1. The van der Waals surface area contributed by atoms with E-state index in [1.54, 1.807) is 12.3 Å². The Morgan fingerprint density at radius 1 is 1.46 bits per heavy atom. The van der Waals surface area contributed by atoms with Crippen molar-refractivity contribution < 1.29 is 0 Å². The van der Waals surface area contributed by atoms with E-state index in [9.17, 15) is 0 Å². The Balaban J connectivity index is 1.94. The molecule has 2 heterocycles. The highest BCUT2D eigenvalue weighted by molar-refractivity contribution is 5.31. The fourth-order valence-electron chi connectivity index (χ4n) is 0.822. The second-order valence-electron chi connectivity index (χ2n) is 2.28. The minimum absolute atomic E-state index is 0.494. The molecule has 2 N–H and O–H groups in total. The van der Waals surface area contributed by atoms with E-state index < -0.39 is 0 Å². The number of hydrogen-bond donors (Lipinski definition) is 2. The SMILES string of the molecule is c1cc(NCc2nn[nH]n2)ncn1. The second-order valence-corrected chi connectivity index (χ2v) is 2.28. The van der Waals surface area contributed by atoms with Crippen molar-refractivity contribution in [2.24, 2.45) is 0 Å². The van der Waals surface area contributed by atoms with Gasteiger partial charge in [0.05, 0.1) is 6.54 Å². The van der Waals surface area contributed by atoms with Crippen LogP contribution < -0.4 is 5.32 Å². The van der Waals surface area contributed by atoms with E-state index >= 15 is 0 Å². The lowest BCUT2D eigenvalue weighted by Gasteiger charge is -1.99. The van der Waals surface area contributed by atoms with Crippen LogP contribution in [0.2, 0.25) is 0 Å². The lowest BCUT2D eigenvalue weighted by atomic mass is 10.5. The first-order chi connectivity index (χ1) is 6.45. The van der Waals surface area contributed by atoms with E-state index in [0.29, 0.717) is 12.4 Å². The first-order valence-electron chi connectivity index (χ1n) is 3.67. The largest absolute Gasteiger partial charge is 0.363 e. The number of aromatic nitrogens is 6. The molecule has 0 aromatic carbocycles. The number of hydrogen-bond acceptors (Lipinski definition) is 6. The Morgan fingerprint density at radius 2 is 2.46 bits per heavy atom. The van der Waals surface area contributed by atoms with Crippen molar-refractivity contribution >= 4 is 5.82 Å². The summed E-state index contributed by atoms with van der Waals surface area (Å²) in [6.07, 6.45) is 3.13. The number of aromatic amines is 1. The summed E-state index contributed by atoms with van der Waals surface area (Å²) in [5, 5.41) is 16.4. The highest BCUT2D eigenvalue weighted by atomic mass is 15.5. The smallest absolute Gasteiger partial charge is 0.193 e. The van der Waals surface area contributed by atoms with Gasteiger partial charge >= 0.3 is 0 Å². The minimum atomic E-state index is 0.494. The zero-order valence-electron chi connectivity index (χ0n) is 6.68. The molecule has 0 aliphatic rings. The molecule has 2 aromatic heterocycles. The molecule has 0 saturated heterocycles. The lowest BCUT2D eigenvalue weighted by molar-refractivity contribution is 0.881. The third-order valence-corrected chi connectivity index (χ3v) is 1.40. The standard InChI is InChI=1S/C6H7N7/c1-2-7-4-9-5(1)8-3-6-10-12-13-11-6/h1-2,4H,3H2,(H,7,8,9)(H,10,11,12,13). The molecule has 0 fully saturated rings. The summed E-state index contributed by atoms with van der Waals surface area (Å²) < 4.78 is 0. The summed E-state index contributed by atoms with van der Waals surface area (Å²) in [6, 6.07) is 1.76. The van der Waals surface area contributed by atoms with Gasteiger partial charge in [0, 0.05) is 6.20 Å². The second kappa shape index (κ2) is 3.57. The topological polar surface area (TPSA) is 92.3 Å². The number of tetrazole rings is 1. The normalized spacial score (nSPS) is 9.85. The van der Waals surface area contributed by atoms with Crippen LogP contribution in [0.5, 0.6) is 0 Å². The van der Waals surface area contributed by atoms with Gasteiger partial charge in [0.2, 0.25) is 0 Å². The fraction of sp³-hybridized carbons (Fsp3) is 0.167. The number of rotatable bonds is 3. The molecule has 7 heteroatoms. The molecule has 7 nitrogen and oxygen atoms in total. The maximum absolute atomic E-state index is 3.97. The van der Waals surface area contributed by atoms with Crippen molar-refractivity contribution in [2.45, 2.75) is 6.54 Å². The average Bonchev–Trinajstić information content (AvgIpc) is 2.69. The quantitative estimate of drug-likeness (QED) is 0.662. The fourth-order valence-corrected chi connectivity index (χ4v) is 0.822. The molecule has 0 radical (unpaired) electrons. The zero-order chi connectivity index (χ0) is 8.93. The van der Waals surface area contributed by atoms with E-state index in [-0.39, 0.29) is 0 Å². The Kier molecular flexibility index (Phi) is 2.08. The number of nitrogens with zero attached hydrogens (tertiary/aromatic N) is 5. The van der Waals surface area contributed by atoms with Gasteiger partial charge < -0.3 is 5.32 Å². The summed E-state index contributed by atoms with van der Waals surface area (Å²) in [6.45, 7) is 0.494. The van der Waals surface area contributed by atoms with Gasteiger partial charge in [-0.1, -0.05) is 5.21 Å². The van der Waals surface area contributed by atoms with Crippen LogP contribution in [-0.4, -0.2) is 30.6 Å². The van der Waals surface area contributed by atoms with Crippen molar-refractivity contribution in [3.05, 3.63) is 24.4 Å². The molecule has 2 rings (SSSR count). The minimum Gasteiger partial charge on any atom is -0.363 e. The van der Waals surface area contributed by atoms with Gasteiger partial charge in [0.1, 0.15) is 12.1 Å². The molecule has 0 bridgehead atoms. The Hall–Kier alpha value is -2.05.